The number of benzene rings is 1. The average molecular weight is 382 g/mol. The molecule has 0 saturated carbocycles. The van der Waals surface area contributed by atoms with E-state index in [1.54, 1.807) is 24.1 Å². The van der Waals surface area contributed by atoms with Crippen LogP contribution in [0, 0.1) is 5.92 Å². The minimum atomic E-state index is -4.19. The lowest BCUT2D eigenvalue weighted by atomic mass is 9.97. The second-order valence-corrected chi connectivity index (χ2v) is 6.37. The van der Waals surface area contributed by atoms with Gasteiger partial charge in [-0.3, -0.25) is 4.90 Å². The van der Waals surface area contributed by atoms with E-state index < -0.39 is 12.1 Å². The summed E-state index contributed by atoms with van der Waals surface area (Å²) in [5, 5.41) is 3.01. The van der Waals surface area contributed by atoms with Gasteiger partial charge in [0, 0.05) is 6.54 Å². The zero-order valence-electron chi connectivity index (χ0n) is 14.8. The van der Waals surface area contributed by atoms with Gasteiger partial charge in [-0.25, -0.2) is 0 Å². The molecule has 0 unspecified atom stereocenters. The minimum absolute atomic E-state index is 0.00165. The van der Waals surface area contributed by atoms with E-state index in [0.29, 0.717) is 30.2 Å². The lowest BCUT2D eigenvalue weighted by Gasteiger charge is -2.33. The Balaban J connectivity index is 1.74. The number of alkyl halides is 3. The number of hydrogen-bond donors (Lipinski definition) is 2. The topological polar surface area (TPSA) is 89.2 Å². The third-order valence-corrected chi connectivity index (χ3v) is 4.39. The highest BCUT2D eigenvalue weighted by Gasteiger charge is 2.41. The maximum atomic E-state index is 13.0. The smallest absolute Gasteiger partial charge is 0.393 e. The van der Waals surface area contributed by atoms with E-state index >= 15 is 0 Å². The summed E-state index contributed by atoms with van der Waals surface area (Å²) in [6.07, 6.45) is -3.55. The molecule has 1 aliphatic heterocycles. The number of nitrogens with one attached hydrogen (secondary N) is 1. The number of hydrogen-bond acceptors (Lipinski definition) is 7. The van der Waals surface area contributed by atoms with Crippen LogP contribution in [0.5, 0.6) is 5.75 Å². The number of nitrogens with zero attached hydrogens (tertiary/aromatic N) is 4. The highest BCUT2D eigenvalue weighted by Crippen LogP contribution is 2.33. The fourth-order valence-corrected chi connectivity index (χ4v) is 3.10. The summed E-state index contributed by atoms with van der Waals surface area (Å²) in [5.74, 6) is -0.186. The van der Waals surface area contributed by atoms with E-state index in [0.717, 1.165) is 0 Å². The van der Waals surface area contributed by atoms with Crippen molar-refractivity contribution >= 4 is 17.6 Å². The third kappa shape index (κ3) is 4.97. The van der Waals surface area contributed by atoms with Gasteiger partial charge in [0.1, 0.15) is 11.6 Å². The van der Waals surface area contributed by atoms with Crippen LogP contribution in [0.2, 0.25) is 0 Å². The number of methoxy groups -OCH3 is 1. The predicted molar refractivity (Wildman–Crippen MR) is 94.6 cm³/mol. The molecule has 1 aliphatic rings. The third-order valence-electron chi connectivity index (χ3n) is 4.39. The Morgan fingerprint density at radius 2 is 2.04 bits per heavy atom. The van der Waals surface area contributed by atoms with Gasteiger partial charge in [-0.05, 0) is 31.5 Å². The van der Waals surface area contributed by atoms with E-state index in [9.17, 15) is 13.2 Å². The fourth-order valence-electron chi connectivity index (χ4n) is 3.10. The van der Waals surface area contributed by atoms with Crippen molar-refractivity contribution in [3.63, 3.8) is 0 Å². The molecular weight excluding hydrogens is 361 g/mol. The summed E-state index contributed by atoms with van der Waals surface area (Å²) in [6.45, 7) is 0.678. The highest BCUT2D eigenvalue weighted by atomic mass is 19.4. The number of aromatic nitrogens is 3. The van der Waals surface area contributed by atoms with E-state index in [2.05, 4.69) is 20.3 Å². The lowest BCUT2D eigenvalue weighted by molar-refractivity contribution is -0.187. The molecule has 0 spiro atoms. The largest absolute Gasteiger partial charge is 0.495 e. The molecule has 0 radical (unpaired) electrons. The van der Waals surface area contributed by atoms with Gasteiger partial charge in [-0.1, -0.05) is 12.1 Å². The number of halogens is 3. The van der Waals surface area contributed by atoms with Crippen molar-refractivity contribution < 1.29 is 17.9 Å². The molecule has 2 heterocycles. The Kier molecular flexibility index (Phi) is 5.64. The summed E-state index contributed by atoms with van der Waals surface area (Å²) < 4.78 is 44.2. The molecule has 1 aromatic carbocycles. The van der Waals surface area contributed by atoms with Crippen molar-refractivity contribution in [1.29, 1.82) is 0 Å². The van der Waals surface area contributed by atoms with Crippen LogP contribution in [0.1, 0.15) is 18.7 Å². The number of nitrogens with two attached hydrogens (primary N) is 1. The Bertz CT molecular complexity index is 786. The summed E-state index contributed by atoms with van der Waals surface area (Å²) in [6, 6.07) is 7.21. The van der Waals surface area contributed by atoms with Crippen molar-refractivity contribution in [3.8, 4) is 5.75 Å². The number of nitrogen functional groups attached to an aromatic ring is 1. The maximum Gasteiger partial charge on any atom is 0.393 e. The van der Waals surface area contributed by atoms with Crippen LogP contribution in [0.3, 0.4) is 0 Å². The van der Waals surface area contributed by atoms with Crippen molar-refractivity contribution in [2.45, 2.75) is 25.6 Å². The number of rotatable bonds is 5. The average Bonchev–Trinajstić information content (AvgIpc) is 2.61. The molecule has 27 heavy (non-hydrogen) atoms. The first-order valence-corrected chi connectivity index (χ1v) is 8.54. The zero-order valence-corrected chi connectivity index (χ0v) is 14.8. The molecule has 0 amide bonds. The Morgan fingerprint density at radius 3 is 2.78 bits per heavy atom. The van der Waals surface area contributed by atoms with Gasteiger partial charge >= 0.3 is 6.18 Å². The molecule has 7 nitrogen and oxygen atoms in total. The van der Waals surface area contributed by atoms with Gasteiger partial charge in [0.15, 0.2) is 0 Å². The molecule has 3 N–H and O–H groups in total. The van der Waals surface area contributed by atoms with Gasteiger partial charge in [0.2, 0.25) is 11.9 Å². The zero-order chi connectivity index (χ0) is 19.4. The van der Waals surface area contributed by atoms with E-state index in [-0.39, 0.29) is 31.4 Å². The first-order chi connectivity index (χ1) is 12.8. The molecular formula is C17H21F3N6O. The second-order valence-electron chi connectivity index (χ2n) is 6.37. The lowest BCUT2D eigenvalue weighted by Crippen LogP contribution is -2.41. The number of ether oxygens (including phenoxy) is 1. The predicted octanol–water partition coefficient (Wildman–Crippen LogP) is 2.98. The molecule has 3 rings (SSSR count). The number of anilines is 3. The SMILES string of the molecule is COc1ccccc1Nc1nc(N)nc(CN2CCC[C@@H](C(F)(F)F)C2)n1. The number of likely N-dealkylation sites (tertiary alicyclic amines) is 1. The van der Waals surface area contributed by atoms with Crippen LogP contribution >= 0.6 is 0 Å². The van der Waals surface area contributed by atoms with Crippen LogP contribution in [0.15, 0.2) is 24.3 Å². The van der Waals surface area contributed by atoms with Crippen LogP contribution < -0.4 is 15.8 Å². The quantitative estimate of drug-likeness (QED) is 0.822. The van der Waals surface area contributed by atoms with Gasteiger partial charge in [-0.2, -0.15) is 28.1 Å². The van der Waals surface area contributed by atoms with Gasteiger partial charge in [-0.15, -0.1) is 0 Å². The van der Waals surface area contributed by atoms with Crippen LogP contribution in [0.25, 0.3) is 0 Å². The number of para-hydroxylation sites is 2. The molecule has 1 saturated heterocycles. The van der Waals surface area contributed by atoms with E-state index in [1.165, 1.54) is 0 Å². The molecule has 1 atom stereocenters. The molecule has 1 aromatic heterocycles. The first-order valence-electron chi connectivity index (χ1n) is 8.54. The number of piperidine rings is 1. The highest BCUT2D eigenvalue weighted by molar-refractivity contribution is 5.62. The second kappa shape index (κ2) is 7.95. The Morgan fingerprint density at radius 1 is 1.26 bits per heavy atom. The fraction of sp³-hybridized carbons (Fsp3) is 0.471. The molecule has 1 fully saturated rings. The molecule has 146 valence electrons. The van der Waals surface area contributed by atoms with E-state index in [4.69, 9.17) is 10.5 Å². The maximum absolute atomic E-state index is 13.0. The van der Waals surface area contributed by atoms with Gasteiger partial charge < -0.3 is 15.8 Å². The van der Waals surface area contributed by atoms with Crippen LogP contribution in [-0.2, 0) is 6.54 Å². The van der Waals surface area contributed by atoms with Crippen molar-refractivity contribution in [2.75, 3.05) is 31.2 Å². The van der Waals surface area contributed by atoms with E-state index in [1.807, 2.05) is 12.1 Å². The summed E-state index contributed by atoms with van der Waals surface area (Å²) >= 11 is 0. The van der Waals surface area contributed by atoms with Gasteiger partial charge in [0.05, 0.1) is 25.3 Å². The normalized spacial score (nSPS) is 18.3. The van der Waals surface area contributed by atoms with Crippen molar-refractivity contribution in [2.24, 2.45) is 5.92 Å². The van der Waals surface area contributed by atoms with Crippen molar-refractivity contribution in [1.82, 2.24) is 19.9 Å². The van der Waals surface area contributed by atoms with Gasteiger partial charge in [0.25, 0.3) is 0 Å². The standard InChI is InChI=1S/C17H21F3N6O/c1-27-13-7-3-2-6-12(13)22-16-24-14(23-15(21)25-16)10-26-8-4-5-11(9-26)17(18,19)20/h2-3,6-7,11H,4-5,8-10H2,1H3,(H3,21,22,23,24,25)/t11-/m1/s1. The van der Waals surface area contributed by atoms with Crippen LogP contribution in [0.4, 0.5) is 30.8 Å². The summed E-state index contributed by atoms with van der Waals surface area (Å²) in [5.41, 5.74) is 6.40. The summed E-state index contributed by atoms with van der Waals surface area (Å²) in [4.78, 5) is 14.1. The Hall–Kier alpha value is -2.62. The summed E-state index contributed by atoms with van der Waals surface area (Å²) in [7, 11) is 1.54. The minimum Gasteiger partial charge on any atom is -0.495 e. The van der Waals surface area contributed by atoms with Crippen LogP contribution in [-0.4, -0.2) is 46.2 Å². The Labute approximate surface area is 154 Å². The monoisotopic (exact) mass is 382 g/mol. The van der Waals surface area contributed by atoms with Crippen molar-refractivity contribution in [3.05, 3.63) is 30.1 Å². The molecule has 10 heteroatoms. The first kappa shape index (κ1) is 19.2. The molecule has 2 aromatic rings. The molecule has 0 bridgehead atoms. The molecule has 0 aliphatic carbocycles.